The highest BCUT2D eigenvalue weighted by atomic mass is 32.2. The van der Waals surface area contributed by atoms with E-state index in [1.165, 1.54) is 22.8 Å². The van der Waals surface area contributed by atoms with E-state index < -0.39 is 15.8 Å². The Balaban J connectivity index is 1.72. The molecule has 0 bridgehead atoms. The van der Waals surface area contributed by atoms with Gasteiger partial charge in [-0.05, 0) is 37.2 Å². The lowest BCUT2D eigenvalue weighted by Gasteiger charge is -2.19. The van der Waals surface area contributed by atoms with E-state index in [1.807, 2.05) is 7.05 Å². The Bertz CT molecular complexity index is 1170. The van der Waals surface area contributed by atoms with Crippen LogP contribution in [0.4, 0.5) is 10.2 Å². The van der Waals surface area contributed by atoms with E-state index in [0.717, 1.165) is 6.42 Å². The van der Waals surface area contributed by atoms with Crippen molar-refractivity contribution < 1.29 is 12.8 Å². The van der Waals surface area contributed by atoms with Gasteiger partial charge in [-0.1, -0.05) is 24.3 Å². The van der Waals surface area contributed by atoms with E-state index >= 15 is 0 Å². The summed E-state index contributed by atoms with van der Waals surface area (Å²) in [5.74, 6) is -0.271. The zero-order chi connectivity index (χ0) is 21.3. The second kappa shape index (κ2) is 8.10. The number of benzene rings is 2. The van der Waals surface area contributed by atoms with Gasteiger partial charge in [0.05, 0.1) is 23.0 Å². The lowest BCUT2D eigenvalue weighted by Crippen LogP contribution is -2.33. The average Bonchev–Trinajstić information content (AvgIpc) is 3.25. The molecule has 4 rings (SSSR count). The molecular formula is C21H22FN5O2S. The lowest BCUT2D eigenvalue weighted by atomic mass is 10.0. The number of rotatable bonds is 5. The lowest BCUT2D eigenvalue weighted by molar-refractivity contribution is 0.465. The summed E-state index contributed by atoms with van der Waals surface area (Å²) in [7, 11) is -1.88. The normalized spacial score (nSPS) is 17.3. The van der Waals surface area contributed by atoms with Crippen molar-refractivity contribution in [3.63, 3.8) is 0 Å². The molecule has 1 aliphatic rings. The molecule has 1 aromatic heterocycles. The third-order valence-corrected chi connectivity index (χ3v) is 7.22. The van der Waals surface area contributed by atoms with Crippen molar-refractivity contribution in [1.29, 1.82) is 0 Å². The smallest absolute Gasteiger partial charge is 0.243 e. The van der Waals surface area contributed by atoms with Crippen molar-refractivity contribution >= 4 is 15.8 Å². The fraction of sp³-hybridized carbons (Fsp3) is 0.238. The highest BCUT2D eigenvalue weighted by Crippen LogP contribution is 2.33. The fourth-order valence-electron chi connectivity index (χ4n) is 3.62. The van der Waals surface area contributed by atoms with Gasteiger partial charge in [-0.15, -0.1) is 0 Å². The van der Waals surface area contributed by atoms with Gasteiger partial charge >= 0.3 is 0 Å². The predicted molar refractivity (Wildman–Crippen MR) is 113 cm³/mol. The molecule has 3 N–H and O–H groups in total. The maximum atomic E-state index is 14.9. The van der Waals surface area contributed by atoms with Crippen LogP contribution in [-0.4, -0.2) is 48.9 Å². The molecule has 0 radical (unpaired) electrons. The van der Waals surface area contributed by atoms with Crippen LogP contribution in [0.2, 0.25) is 0 Å². The summed E-state index contributed by atoms with van der Waals surface area (Å²) in [6, 6.07) is 11.4. The molecule has 2 heterocycles. The van der Waals surface area contributed by atoms with Gasteiger partial charge in [0, 0.05) is 30.3 Å². The number of anilines is 1. The van der Waals surface area contributed by atoms with Gasteiger partial charge in [-0.2, -0.15) is 4.31 Å². The second-order valence-electron chi connectivity index (χ2n) is 7.15. The number of hydrogen-bond acceptors (Lipinski definition) is 6. The van der Waals surface area contributed by atoms with E-state index in [0.29, 0.717) is 29.9 Å². The Kier molecular flexibility index (Phi) is 5.50. The number of nitrogen functional groups attached to an aromatic ring is 1. The molecule has 9 heteroatoms. The van der Waals surface area contributed by atoms with Crippen LogP contribution in [0.3, 0.4) is 0 Å². The number of halogens is 1. The summed E-state index contributed by atoms with van der Waals surface area (Å²) in [6.07, 6.45) is 3.51. The number of nitrogens with two attached hydrogens (primary N) is 1. The quantitative estimate of drug-likeness (QED) is 0.649. The van der Waals surface area contributed by atoms with Gasteiger partial charge in [-0.25, -0.2) is 17.8 Å². The molecule has 1 atom stereocenters. The first-order valence-electron chi connectivity index (χ1n) is 9.54. The molecule has 2 aromatic carbocycles. The minimum absolute atomic E-state index is 0.129. The Morgan fingerprint density at radius 1 is 1.13 bits per heavy atom. The molecule has 0 saturated carbocycles. The summed E-state index contributed by atoms with van der Waals surface area (Å²) in [4.78, 5) is 8.21. The summed E-state index contributed by atoms with van der Waals surface area (Å²) in [5, 5.41) is 3.12. The van der Waals surface area contributed by atoms with Crippen LogP contribution < -0.4 is 11.1 Å². The first kappa shape index (κ1) is 20.4. The van der Waals surface area contributed by atoms with Gasteiger partial charge in [-0.3, -0.25) is 4.98 Å². The Morgan fingerprint density at radius 3 is 2.60 bits per heavy atom. The van der Waals surface area contributed by atoms with E-state index in [4.69, 9.17) is 5.73 Å². The van der Waals surface area contributed by atoms with Gasteiger partial charge in [0.2, 0.25) is 10.0 Å². The van der Waals surface area contributed by atoms with Gasteiger partial charge < -0.3 is 11.1 Å². The average molecular weight is 428 g/mol. The number of nitrogens with one attached hydrogen (secondary N) is 1. The van der Waals surface area contributed by atoms with Gasteiger partial charge in [0.15, 0.2) is 0 Å². The summed E-state index contributed by atoms with van der Waals surface area (Å²) in [6.45, 7) is 0.863. The molecule has 1 fully saturated rings. The van der Waals surface area contributed by atoms with Crippen molar-refractivity contribution in [2.75, 3.05) is 25.9 Å². The molecule has 156 valence electrons. The van der Waals surface area contributed by atoms with Gasteiger partial charge in [0.1, 0.15) is 11.6 Å². The largest absolute Gasteiger partial charge is 0.382 e. The van der Waals surface area contributed by atoms with E-state index in [9.17, 15) is 12.8 Å². The van der Waals surface area contributed by atoms with Crippen molar-refractivity contribution in [3.8, 4) is 22.4 Å². The molecule has 0 amide bonds. The standard InChI is InChI=1S/C21H22FN5O2S/c1-24-15-8-9-27(13-15)30(28,29)20-5-3-2-4-16(20)14-6-7-17(18(22)10-14)19-11-26-21(23)12-25-19/h2-7,10-12,15,24H,8-9,13H2,1H3,(H2,23,26). The van der Waals surface area contributed by atoms with Crippen LogP contribution in [-0.2, 0) is 10.0 Å². The van der Waals surface area contributed by atoms with Crippen LogP contribution in [0, 0.1) is 5.82 Å². The van der Waals surface area contributed by atoms with Crippen molar-refractivity contribution in [2.24, 2.45) is 0 Å². The van der Waals surface area contributed by atoms with Gasteiger partial charge in [0.25, 0.3) is 0 Å². The topological polar surface area (TPSA) is 101 Å². The maximum absolute atomic E-state index is 14.9. The van der Waals surface area contributed by atoms with E-state index in [1.54, 1.807) is 36.4 Å². The molecule has 30 heavy (non-hydrogen) atoms. The minimum atomic E-state index is -3.71. The van der Waals surface area contributed by atoms with Crippen molar-refractivity contribution in [3.05, 3.63) is 60.7 Å². The van der Waals surface area contributed by atoms with Crippen molar-refractivity contribution in [1.82, 2.24) is 19.6 Å². The zero-order valence-corrected chi connectivity index (χ0v) is 17.2. The highest BCUT2D eigenvalue weighted by Gasteiger charge is 2.33. The summed E-state index contributed by atoms with van der Waals surface area (Å²) in [5.41, 5.74) is 7.09. The van der Waals surface area contributed by atoms with Crippen molar-refractivity contribution in [2.45, 2.75) is 17.4 Å². The Labute approximate surface area is 174 Å². The molecule has 1 saturated heterocycles. The monoisotopic (exact) mass is 427 g/mol. The van der Waals surface area contributed by atoms with Crippen LogP contribution in [0.25, 0.3) is 22.4 Å². The summed E-state index contributed by atoms with van der Waals surface area (Å²) < 4.78 is 42.9. The molecule has 1 unspecified atom stereocenters. The molecule has 7 nitrogen and oxygen atoms in total. The molecule has 0 aliphatic carbocycles. The SMILES string of the molecule is CNC1CCN(S(=O)(=O)c2ccccc2-c2ccc(-c3cnc(N)cn3)c(F)c2)C1. The number of hydrogen-bond donors (Lipinski definition) is 2. The summed E-state index contributed by atoms with van der Waals surface area (Å²) >= 11 is 0. The van der Waals surface area contributed by atoms with E-state index in [-0.39, 0.29) is 22.3 Å². The van der Waals surface area contributed by atoms with Crippen LogP contribution in [0.15, 0.2) is 59.8 Å². The number of sulfonamides is 1. The van der Waals surface area contributed by atoms with E-state index in [2.05, 4.69) is 15.3 Å². The maximum Gasteiger partial charge on any atom is 0.243 e. The van der Waals surface area contributed by atoms with Crippen LogP contribution in [0.1, 0.15) is 6.42 Å². The molecular weight excluding hydrogens is 405 g/mol. The molecule has 1 aliphatic heterocycles. The Morgan fingerprint density at radius 2 is 1.93 bits per heavy atom. The first-order chi connectivity index (χ1) is 14.4. The van der Waals surface area contributed by atoms with Crippen LogP contribution >= 0.6 is 0 Å². The highest BCUT2D eigenvalue weighted by molar-refractivity contribution is 7.89. The molecule has 0 spiro atoms. The molecule has 3 aromatic rings. The second-order valence-corrected chi connectivity index (χ2v) is 9.06. The number of nitrogens with zero attached hydrogens (tertiary/aromatic N) is 3. The third-order valence-electron chi connectivity index (χ3n) is 5.29. The van der Waals surface area contributed by atoms with Crippen LogP contribution in [0.5, 0.6) is 0 Å². The number of likely N-dealkylation sites (N-methyl/N-ethyl adjacent to an activating group) is 1. The Hall–Kier alpha value is -2.88. The first-order valence-corrected chi connectivity index (χ1v) is 11.0. The fourth-order valence-corrected chi connectivity index (χ4v) is 5.33. The number of aromatic nitrogens is 2. The third kappa shape index (κ3) is 3.79. The predicted octanol–water partition coefficient (Wildman–Crippen LogP) is 2.51. The zero-order valence-electron chi connectivity index (χ0n) is 16.4. The minimum Gasteiger partial charge on any atom is -0.382 e.